The molecule has 0 bridgehead atoms. The van der Waals surface area contributed by atoms with Gasteiger partial charge in [0.2, 0.25) is 5.91 Å². The predicted octanol–water partition coefficient (Wildman–Crippen LogP) is 4.98. The molecule has 174 valence electrons. The third-order valence-electron chi connectivity index (χ3n) is 5.83. The molecule has 0 saturated carbocycles. The Bertz CT molecular complexity index is 1100. The molecule has 1 N–H and O–H groups in total. The van der Waals surface area contributed by atoms with Crippen LogP contribution in [0.5, 0.6) is 11.5 Å². The van der Waals surface area contributed by atoms with Gasteiger partial charge in [0.15, 0.2) is 11.5 Å². The topological polar surface area (TPSA) is 63.7 Å². The number of likely N-dealkylation sites (tertiary alicyclic amines) is 1. The molecule has 6 nitrogen and oxygen atoms in total. The van der Waals surface area contributed by atoms with E-state index < -0.39 is 0 Å². The number of nitrogens with zero attached hydrogens (tertiary/aromatic N) is 2. The van der Waals surface area contributed by atoms with E-state index in [1.807, 2.05) is 41.8 Å². The number of ether oxygens (including phenoxy) is 2. The van der Waals surface area contributed by atoms with Gasteiger partial charge in [0.1, 0.15) is 5.01 Å². The van der Waals surface area contributed by atoms with Gasteiger partial charge in [-0.15, -0.1) is 11.3 Å². The lowest BCUT2D eigenvalue weighted by Gasteiger charge is -2.28. The van der Waals surface area contributed by atoms with E-state index in [0.717, 1.165) is 34.9 Å². The number of nitrogens with one attached hydrogen (secondary N) is 1. The zero-order valence-corrected chi connectivity index (χ0v) is 20.4. The SMILES string of the molecule is COc1ccc(-c2nc(CC(=O)NCC(c3cccc(Cl)c3)N3CCCC3)cs2)cc1OC. The summed E-state index contributed by atoms with van der Waals surface area (Å²) < 4.78 is 10.7. The first kappa shape index (κ1) is 23.5. The lowest BCUT2D eigenvalue weighted by Crippen LogP contribution is -2.37. The molecule has 1 aliphatic heterocycles. The third kappa shape index (κ3) is 5.85. The van der Waals surface area contributed by atoms with Crippen molar-refractivity contribution in [2.45, 2.75) is 25.3 Å². The highest BCUT2D eigenvalue weighted by atomic mass is 35.5. The summed E-state index contributed by atoms with van der Waals surface area (Å²) in [4.78, 5) is 19.8. The van der Waals surface area contributed by atoms with Crippen LogP contribution in [0.2, 0.25) is 5.02 Å². The second kappa shape index (κ2) is 11.0. The van der Waals surface area contributed by atoms with Crippen LogP contribution in [0.25, 0.3) is 10.6 Å². The van der Waals surface area contributed by atoms with Gasteiger partial charge in [-0.2, -0.15) is 0 Å². The number of rotatable bonds is 9. The lowest BCUT2D eigenvalue weighted by molar-refractivity contribution is -0.120. The van der Waals surface area contributed by atoms with E-state index in [9.17, 15) is 4.79 Å². The van der Waals surface area contributed by atoms with Crippen molar-refractivity contribution in [2.75, 3.05) is 33.9 Å². The van der Waals surface area contributed by atoms with Crippen LogP contribution in [0.3, 0.4) is 0 Å². The molecule has 33 heavy (non-hydrogen) atoms. The number of carbonyl (C=O) groups excluding carboxylic acids is 1. The third-order valence-corrected chi connectivity index (χ3v) is 7.01. The zero-order valence-electron chi connectivity index (χ0n) is 18.8. The Morgan fingerprint density at radius 3 is 2.67 bits per heavy atom. The summed E-state index contributed by atoms with van der Waals surface area (Å²) in [7, 11) is 3.22. The maximum Gasteiger partial charge on any atom is 0.226 e. The van der Waals surface area contributed by atoms with Crippen molar-refractivity contribution in [2.24, 2.45) is 0 Å². The summed E-state index contributed by atoms with van der Waals surface area (Å²) in [5.74, 6) is 1.29. The monoisotopic (exact) mass is 485 g/mol. The van der Waals surface area contributed by atoms with Crippen LogP contribution in [0, 0.1) is 0 Å². The van der Waals surface area contributed by atoms with Crippen LogP contribution in [0.15, 0.2) is 47.8 Å². The summed E-state index contributed by atoms with van der Waals surface area (Å²) in [6, 6.07) is 13.7. The molecule has 0 radical (unpaired) electrons. The number of amides is 1. The molecule has 8 heteroatoms. The van der Waals surface area contributed by atoms with Crippen LogP contribution in [-0.2, 0) is 11.2 Å². The van der Waals surface area contributed by atoms with Gasteiger partial charge in [0.25, 0.3) is 0 Å². The molecule has 2 heterocycles. The highest BCUT2D eigenvalue weighted by Crippen LogP contribution is 2.33. The average molecular weight is 486 g/mol. The molecule has 1 aromatic heterocycles. The minimum atomic E-state index is -0.0367. The van der Waals surface area contributed by atoms with E-state index in [0.29, 0.717) is 23.1 Å². The van der Waals surface area contributed by atoms with Gasteiger partial charge in [-0.25, -0.2) is 4.98 Å². The van der Waals surface area contributed by atoms with Crippen LogP contribution < -0.4 is 14.8 Å². The van der Waals surface area contributed by atoms with Crippen molar-refractivity contribution in [1.82, 2.24) is 15.2 Å². The quantitative estimate of drug-likeness (QED) is 0.463. The summed E-state index contributed by atoms with van der Waals surface area (Å²) in [6.45, 7) is 2.62. The Labute approximate surface area is 203 Å². The van der Waals surface area contributed by atoms with E-state index >= 15 is 0 Å². The maximum absolute atomic E-state index is 12.7. The van der Waals surface area contributed by atoms with Crippen LogP contribution >= 0.6 is 22.9 Å². The fourth-order valence-electron chi connectivity index (χ4n) is 4.15. The second-order valence-electron chi connectivity index (χ2n) is 8.01. The summed E-state index contributed by atoms with van der Waals surface area (Å²) in [6.07, 6.45) is 2.61. The van der Waals surface area contributed by atoms with Crippen molar-refractivity contribution < 1.29 is 14.3 Å². The Morgan fingerprint density at radius 1 is 1.15 bits per heavy atom. The fraction of sp³-hybridized carbons (Fsp3) is 0.360. The highest BCUT2D eigenvalue weighted by molar-refractivity contribution is 7.13. The van der Waals surface area contributed by atoms with E-state index in [-0.39, 0.29) is 18.4 Å². The van der Waals surface area contributed by atoms with Gasteiger partial charge < -0.3 is 14.8 Å². The number of hydrogen-bond acceptors (Lipinski definition) is 6. The van der Waals surface area contributed by atoms with Gasteiger partial charge >= 0.3 is 0 Å². The molecule has 4 rings (SSSR count). The Kier molecular flexibility index (Phi) is 7.85. The Hall–Kier alpha value is -2.61. The molecule has 1 fully saturated rings. The van der Waals surface area contributed by atoms with E-state index in [1.54, 1.807) is 14.2 Å². The average Bonchev–Trinajstić information content (AvgIpc) is 3.51. The van der Waals surface area contributed by atoms with Crippen LogP contribution in [0.4, 0.5) is 0 Å². The molecule has 1 atom stereocenters. The Balaban J connectivity index is 1.40. The highest BCUT2D eigenvalue weighted by Gasteiger charge is 2.24. The van der Waals surface area contributed by atoms with E-state index in [2.05, 4.69) is 21.3 Å². The van der Waals surface area contributed by atoms with Crippen LogP contribution in [0.1, 0.15) is 30.1 Å². The number of carbonyl (C=O) groups is 1. The van der Waals surface area contributed by atoms with E-state index in [4.69, 9.17) is 21.1 Å². The first-order valence-electron chi connectivity index (χ1n) is 11.0. The number of halogens is 1. The van der Waals surface area contributed by atoms with E-state index in [1.165, 1.54) is 24.2 Å². The normalized spacial score (nSPS) is 14.8. The first-order chi connectivity index (χ1) is 16.1. The fourth-order valence-corrected chi connectivity index (χ4v) is 5.17. The van der Waals surface area contributed by atoms with Gasteiger partial charge in [-0.1, -0.05) is 23.7 Å². The van der Waals surface area contributed by atoms with Crippen molar-refractivity contribution in [3.63, 3.8) is 0 Å². The van der Waals surface area contributed by atoms with Crippen LogP contribution in [-0.4, -0.2) is 49.6 Å². The molecule has 0 aliphatic carbocycles. The zero-order chi connectivity index (χ0) is 23.2. The molecule has 1 unspecified atom stereocenters. The molecule has 1 aliphatic rings. The lowest BCUT2D eigenvalue weighted by atomic mass is 10.1. The van der Waals surface area contributed by atoms with Gasteiger partial charge in [-0.3, -0.25) is 9.69 Å². The Morgan fingerprint density at radius 2 is 1.94 bits per heavy atom. The van der Waals surface area contributed by atoms with Crippen molar-refractivity contribution in [3.8, 4) is 22.1 Å². The van der Waals surface area contributed by atoms with Gasteiger partial charge in [0.05, 0.1) is 32.4 Å². The van der Waals surface area contributed by atoms with Crippen molar-refractivity contribution in [1.29, 1.82) is 0 Å². The minimum Gasteiger partial charge on any atom is -0.493 e. The molecule has 1 amide bonds. The van der Waals surface area contributed by atoms with Gasteiger partial charge in [-0.05, 0) is 61.8 Å². The number of hydrogen-bond donors (Lipinski definition) is 1. The second-order valence-corrected chi connectivity index (χ2v) is 9.30. The van der Waals surface area contributed by atoms with Gasteiger partial charge in [0, 0.05) is 22.5 Å². The smallest absolute Gasteiger partial charge is 0.226 e. The summed E-state index contributed by atoms with van der Waals surface area (Å²) in [5, 5.41) is 6.60. The largest absolute Gasteiger partial charge is 0.493 e. The number of methoxy groups -OCH3 is 2. The van der Waals surface area contributed by atoms with Crippen molar-refractivity contribution in [3.05, 3.63) is 64.1 Å². The summed E-state index contributed by atoms with van der Waals surface area (Å²) >= 11 is 7.74. The molecule has 2 aromatic carbocycles. The molecular weight excluding hydrogens is 458 g/mol. The predicted molar refractivity (Wildman–Crippen MR) is 132 cm³/mol. The number of benzene rings is 2. The van der Waals surface area contributed by atoms with Crippen molar-refractivity contribution >= 4 is 28.8 Å². The number of aromatic nitrogens is 1. The first-order valence-corrected chi connectivity index (χ1v) is 12.3. The molecule has 0 spiro atoms. The molecular formula is C25H28ClN3O3S. The number of thiazole rings is 1. The minimum absolute atomic E-state index is 0.0367. The summed E-state index contributed by atoms with van der Waals surface area (Å²) in [5.41, 5.74) is 2.82. The molecule has 1 saturated heterocycles. The standard InChI is InChI=1S/C25H28ClN3O3S/c1-31-22-9-8-18(13-23(22)32-2)25-28-20(16-33-25)14-24(30)27-15-21(29-10-3-4-11-29)17-6-5-7-19(26)12-17/h5-9,12-13,16,21H,3-4,10-11,14-15H2,1-2H3,(H,27,30). The maximum atomic E-state index is 12.7. The molecule has 3 aromatic rings.